The van der Waals surface area contributed by atoms with E-state index in [-0.39, 0.29) is 6.04 Å². The number of aromatic nitrogens is 1. The first kappa shape index (κ1) is 13.2. The number of pyridine rings is 1. The predicted octanol–water partition coefficient (Wildman–Crippen LogP) is 1.80. The summed E-state index contributed by atoms with van der Waals surface area (Å²) in [7, 11) is 0. The quantitative estimate of drug-likeness (QED) is 0.924. The second-order valence-electron chi connectivity index (χ2n) is 4.08. The average molecular weight is 320 g/mol. The number of amides is 1. The molecule has 0 radical (unpaired) electrons. The lowest BCUT2D eigenvalue weighted by Gasteiger charge is -2.17. The molecule has 1 amide bonds. The van der Waals surface area contributed by atoms with Gasteiger partial charge < -0.3 is 10.2 Å². The molecular weight excluding hydrogens is 308 g/mol. The topological polar surface area (TPSA) is 45.2 Å². The van der Waals surface area contributed by atoms with Crippen molar-refractivity contribution < 1.29 is 13.6 Å². The maximum atomic E-state index is 12.1. The number of halogens is 3. The highest BCUT2D eigenvalue weighted by Crippen LogP contribution is 2.19. The van der Waals surface area contributed by atoms with Gasteiger partial charge >= 0.3 is 6.43 Å². The Balaban J connectivity index is 1.92. The molecule has 0 spiro atoms. The van der Waals surface area contributed by atoms with Crippen LogP contribution in [0.4, 0.5) is 14.6 Å². The summed E-state index contributed by atoms with van der Waals surface area (Å²) >= 11 is 3.29. The van der Waals surface area contributed by atoms with Crippen molar-refractivity contribution in [3.05, 3.63) is 22.8 Å². The standard InChI is InChI=1S/C11H12BrF2N3O/c12-7-1-2-9(15-5-7)17-4-3-8(6-17)16-11(18)10(13)14/h1-2,5,8,10H,3-4,6H2,(H,16,18). The van der Waals surface area contributed by atoms with Gasteiger partial charge in [0, 0.05) is 29.8 Å². The number of nitrogens with zero attached hydrogens (tertiary/aromatic N) is 2. The number of anilines is 1. The van der Waals surface area contributed by atoms with Gasteiger partial charge in [-0.2, -0.15) is 8.78 Å². The molecule has 1 aliphatic heterocycles. The van der Waals surface area contributed by atoms with E-state index in [1.165, 1.54) is 0 Å². The van der Waals surface area contributed by atoms with Crippen LogP contribution in [0.2, 0.25) is 0 Å². The van der Waals surface area contributed by atoms with Crippen molar-refractivity contribution in [1.29, 1.82) is 0 Å². The summed E-state index contributed by atoms with van der Waals surface area (Å²) in [6.07, 6.45) is -0.624. The van der Waals surface area contributed by atoms with E-state index in [9.17, 15) is 13.6 Å². The first-order valence-electron chi connectivity index (χ1n) is 5.51. The molecule has 1 fully saturated rings. The van der Waals surface area contributed by atoms with Crippen LogP contribution >= 0.6 is 15.9 Å². The minimum absolute atomic E-state index is 0.239. The smallest absolute Gasteiger partial charge is 0.315 e. The Labute approximate surface area is 112 Å². The minimum atomic E-state index is -2.95. The zero-order valence-corrected chi connectivity index (χ0v) is 11.0. The number of alkyl halides is 2. The van der Waals surface area contributed by atoms with E-state index in [4.69, 9.17) is 0 Å². The Hall–Kier alpha value is -1.24. The second kappa shape index (κ2) is 5.60. The van der Waals surface area contributed by atoms with Crippen LogP contribution in [-0.4, -0.2) is 36.4 Å². The summed E-state index contributed by atoms with van der Waals surface area (Å²) in [5, 5.41) is 2.32. The van der Waals surface area contributed by atoms with E-state index in [1.54, 1.807) is 6.20 Å². The van der Waals surface area contributed by atoms with Crippen molar-refractivity contribution in [1.82, 2.24) is 10.3 Å². The number of rotatable bonds is 3. The maximum Gasteiger partial charge on any atom is 0.315 e. The number of hydrogen-bond donors (Lipinski definition) is 1. The molecule has 1 aromatic heterocycles. The zero-order valence-electron chi connectivity index (χ0n) is 9.44. The third-order valence-electron chi connectivity index (χ3n) is 2.77. The lowest BCUT2D eigenvalue weighted by Crippen LogP contribution is -2.40. The van der Waals surface area contributed by atoms with Gasteiger partial charge in [0.25, 0.3) is 5.91 Å². The molecule has 98 valence electrons. The van der Waals surface area contributed by atoms with Gasteiger partial charge in [-0.1, -0.05) is 0 Å². The molecular formula is C11H12BrF2N3O. The van der Waals surface area contributed by atoms with Gasteiger partial charge in [0.15, 0.2) is 0 Å². The fraction of sp³-hybridized carbons (Fsp3) is 0.455. The molecule has 4 nitrogen and oxygen atoms in total. The highest BCUT2D eigenvalue weighted by atomic mass is 79.9. The van der Waals surface area contributed by atoms with Crippen molar-refractivity contribution in [2.45, 2.75) is 18.9 Å². The van der Waals surface area contributed by atoms with Crippen LogP contribution in [0.1, 0.15) is 6.42 Å². The Morgan fingerprint density at radius 2 is 2.33 bits per heavy atom. The van der Waals surface area contributed by atoms with Crippen molar-refractivity contribution in [3.8, 4) is 0 Å². The van der Waals surface area contributed by atoms with E-state index >= 15 is 0 Å². The third-order valence-corrected chi connectivity index (χ3v) is 3.24. The molecule has 0 aliphatic carbocycles. The summed E-state index contributed by atoms with van der Waals surface area (Å²) in [6.45, 7) is 1.20. The predicted molar refractivity (Wildman–Crippen MR) is 66.7 cm³/mol. The Morgan fingerprint density at radius 1 is 1.56 bits per heavy atom. The van der Waals surface area contributed by atoms with Crippen molar-refractivity contribution >= 4 is 27.7 Å². The molecule has 2 rings (SSSR count). The number of carbonyl (C=O) groups excluding carboxylic acids is 1. The Kier molecular flexibility index (Phi) is 4.11. The van der Waals surface area contributed by atoms with Crippen LogP contribution in [-0.2, 0) is 4.79 Å². The highest BCUT2D eigenvalue weighted by Gasteiger charge is 2.27. The van der Waals surface area contributed by atoms with E-state index in [2.05, 4.69) is 26.2 Å². The summed E-state index contributed by atoms with van der Waals surface area (Å²) in [5.41, 5.74) is 0. The maximum absolute atomic E-state index is 12.1. The van der Waals surface area contributed by atoms with E-state index in [1.807, 2.05) is 17.0 Å². The minimum Gasteiger partial charge on any atom is -0.354 e. The lowest BCUT2D eigenvalue weighted by molar-refractivity contribution is -0.132. The molecule has 18 heavy (non-hydrogen) atoms. The van der Waals surface area contributed by atoms with Gasteiger partial charge in [-0.05, 0) is 34.5 Å². The molecule has 1 aromatic rings. The van der Waals surface area contributed by atoms with Crippen LogP contribution in [0.3, 0.4) is 0 Å². The summed E-state index contributed by atoms with van der Waals surface area (Å²) in [5.74, 6) is -0.419. The number of carbonyl (C=O) groups is 1. The number of hydrogen-bond acceptors (Lipinski definition) is 3. The molecule has 1 saturated heterocycles. The lowest BCUT2D eigenvalue weighted by atomic mass is 10.2. The molecule has 1 atom stereocenters. The van der Waals surface area contributed by atoms with Crippen LogP contribution in [0.5, 0.6) is 0 Å². The van der Waals surface area contributed by atoms with Crippen LogP contribution in [0.15, 0.2) is 22.8 Å². The average Bonchev–Trinajstić information content (AvgIpc) is 2.78. The molecule has 0 aromatic carbocycles. The molecule has 2 heterocycles. The third kappa shape index (κ3) is 3.16. The van der Waals surface area contributed by atoms with Crippen molar-refractivity contribution in [2.75, 3.05) is 18.0 Å². The fourth-order valence-corrected chi connectivity index (χ4v) is 2.14. The van der Waals surface area contributed by atoms with Gasteiger partial charge in [0.2, 0.25) is 0 Å². The zero-order chi connectivity index (χ0) is 13.1. The fourth-order valence-electron chi connectivity index (χ4n) is 1.91. The molecule has 1 N–H and O–H groups in total. The van der Waals surface area contributed by atoms with E-state index in [0.29, 0.717) is 19.5 Å². The van der Waals surface area contributed by atoms with Crippen molar-refractivity contribution in [2.24, 2.45) is 0 Å². The van der Waals surface area contributed by atoms with Gasteiger partial charge in [-0.15, -0.1) is 0 Å². The first-order valence-corrected chi connectivity index (χ1v) is 6.30. The molecule has 1 unspecified atom stereocenters. The van der Waals surface area contributed by atoms with Crippen LogP contribution < -0.4 is 10.2 Å². The molecule has 0 saturated carbocycles. The van der Waals surface area contributed by atoms with Gasteiger partial charge in [0.05, 0.1) is 0 Å². The monoisotopic (exact) mass is 319 g/mol. The summed E-state index contributed by atoms with van der Waals surface area (Å²) in [6, 6.07) is 3.48. The normalized spacial score (nSPS) is 19.3. The molecule has 7 heteroatoms. The SMILES string of the molecule is O=C(NC1CCN(c2ccc(Br)cn2)C1)C(F)F. The van der Waals surface area contributed by atoms with Crippen LogP contribution in [0.25, 0.3) is 0 Å². The van der Waals surface area contributed by atoms with E-state index < -0.39 is 12.3 Å². The number of nitrogens with one attached hydrogen (secondary N) is 1. The second-order valence-corrected chi connectivity index (χ2v) is 4.99. The highest BCUT2D eigenvalue weighted by molar-refractivity contribution is 9.10. The van der Waals surface area contributed by atoms with Gasteiger partial charge in [0.1, 0.15) is 5.82 Å². The van der Waals surface area contributed by atoms with Gasteiger partial charge in [-0.25, -0.2) is 4.98 Å². The molecule has 0 bridgehead atoms. The van der Waals surface area contributed by atoms with Crippen LogP contribution in [0, 0.1) is 0 Å². The summed E-state index contributed by atoms with van der Waals surface area (Å²) < 4.78 is 25.1. The van der Waals surface area contributed by atoms with Gasteiger partial charge in [-0.3, -0.25) is 4.79 Å². The first-order chi connectivity index (χ1) is 8.56. The molecule has 1 aliphatic rings. The largest absolute Gasteiger partial charge is 0.354 e. The Morgan fingerprint density at radius 3 is 2.94 bits per heavy atom. The Bertz CT molecular complexity index is 427. The van der Waals surface area contributed by atoms with Crippen molar-refractivity contribution in [3.63, 3.8) is 0 Å². The van der Waals surface area contributed by atoms with E-state index in [0.717, 1.165) is 10.3 Å². The summed E-state index contributed by atoms with van der Waals surface area (Å²) in [4.78, 5) is 17.1.